The van der Waals surface area contributed by atoms with Gasteiger partial charge in [0.1, 0.15) is 5.82 Å². The number of nitrogens with zero attached hydrogens (tertiary/aromatic N) is 2. The molecule has 2 heterocycles. The van der Waals surface area contributed by atoms with Crippen LogP contribution in [0.15, 0.2) is 23.0 Å². The van der Waals surface area contributed by atoms with E-state index < -0.39 is 6.10 Å². The first-order valence-corrected chi connectivity index (χ1v) is 6.09. The Bertz CT molecular complexity index is 450. The van der Waals surface area contributed by atoms with Crippen LogP contribution >= 0.6 is 11.3 Å². The van der Waals surface area contributed by atoms with Gasteiger partial charge in [-0.05, 0) is 35.2 Å². The smallest absolute Gasteiger partial charge is 0.127 e. The molecule has 2 aromatic heterocycles. The van der Waals surface area contributed by atoms with Crippen LogP contribution < -0.4 is 5.73 Å². The molecule has 2 aromatic rings. The quantitative estimate of drug-likeness (QED) is 0.851. The molecule has 0 aliphatic heterocycles. The fraction of sp³-hybridized carbons (Fsp3) is 0.364. The van der Waals surface area contributed by atoms with Gasteiger partial charge in [0.2, 0.25) is 0 Å². The number of hydrogen-bond acceptors (Lipinski definition) is 4. The van der Waals surface area contributed by atoms with E-state index in [9.17, 15) is 5.11 Å². The van der Waals surface area contributed by atoms with E-state index in [0.717, 1.165) is 12.0 Å². The van der Waals surface area contributed by atoms with Crippen molar-refractivity contribution in [2.24, 2.45) is 7.05 Å². The van der Waals surface area contributed by atoms with Crippen LogP contribution in [-0.4, -0.2) is 14.9 Å². The lowest BCUT2D eigenvalue weighted by Gasteiger charge is -2.09. The molecule has 0 aliphatic rings. The van der Waals surface area contributed by atoms with Crippen LogP contribution in [0.5, 0.6) is 0 Å². The van der Waals surface area contributed by atoms with E-state index in [1.807, 2.05) is 5.38 Å². The third kappa shape index (κ3) is 2.25. The lowest BCUT2D eigenvalue weighted by molar-refractivity contribution is 0.168. The summed E-state index contributed by atoms with van der Waals surface area (Å²) in [4.78, 5) is 0. The highest BCUT2D eigenvalue weighted by molar-refractivity contribution is 7.07. The zero-order chi connectivity index (χ0) is 11.5. The summed E-state index contributed by atoms with van der Waals surface area (Å²) in [5.74, 6) is 0.540. The van der Waals surface area contributed by atoms with Crippen molar-refractivity contribution in [2.75, 3.05) is 5.73 Å². The molecule has 0 spiro atoms. The van der Waals surface area contributed by atoms with Gasteiger partial charge >= 0.3 is 0 Å². The van der Waals surface area contributed by atoms with Crippen LogP contribution in [0.25, 0.3) is 0 Å². The topological polar surface area (TPSA) is 64.1 Å². The number of anilines is 1. The van der Waals surface area contributed by atoms with E-state index in [0.29, 0.717) is 12.2 Å². The highest BCUT2D eigenvalue weighted by Gasteiger charge is 2.14. The maximum Gasteiger partial charge on any atom is 0.127 e. The summed E-state index contributed by atoms with van der Waals surface area (Å²) in [5, 5.41) is 18.1. The number of rotatable bonds is 4. The molecule has 16 heavy (non-hydrogen) atoms. The number of nitrogens with two attached hydrogens (primary N) is 1. The zero-order valence-corrected chi connectivity index (χ0v) is 9.94. The van der Waals surface area contributed by atoms with Crippen LogP contribution in [0.2, 0.25) is 0 Å². The molecule has 3 N–H and O–H groups in total. The second kappa shape index (κ2) is 4.67. The van der Waals surface area contributed by atoms with Crippen molar-refractivity contribution in [3.63, 3.8) is 0 Å². The minimum Gasteiger partial charge on any atom is -0.388 e. The molecule has 1 atom stereocenters. The molecule has 0 aromatic carbocycles. The Hall–Kier alpha value is -1.33. The average Bonchev–Trinajstić information content (AvgIpc) is 2.88. The van der Waals surface area contributed by atoms with Gasteiger partial charge in [0.25, 0.3) is 0 Å². The third-order valence-electron chi connectivity index (χ3n) is 2.66. The molecule has 1 unspecified atom stereocenters. The molecular weight excluding hydrogens is 222 g/mol. The van der Waals surface area contributed by atoms with Crippen LogP contribution in [0, 0.1) is 0 Å². The van der Waals surface area contributed by atoms with Gasteiger partial charge in [0, 0.05) is 12.6 Å². The minimum atomic E-state index is -0.534. The number of aromatic nitrogens is 2. The largest absolute Gasteiger partial charge is 0.388 e. The Morgan fingerprint density at radius 3 is 3.00 bits per heavy atom. The van der Waals surface area contributed by atoms with E-state index in [-0.39, 0.29) is 0 Å². The molecule has 0 fully saturated rings. The van der Waals surface area contributed by atoms with Gasteiger partial charge in [-0.3, -0.25) is 4.68 Å². The lowest BCUT2D eigenvalue weighted by Crippen LogP contribution is -2.04. The summed E-state index contributed by atoms with van der Waals surface area (Å²) in [6.07, 6.45) is 2.63. The molecule has 86 valence electrons. The van der Waals surface area contributed by atoms with Gasteiger partial charge in [-0.25, -0.2) is 0 Å². The molecule has 5 heteroatoms. The van der Waals surface area contributed by atoms with Crippen molar-refractivity contribution in [1.29, 1.82) is 0 Å². The molecule has 4 nitrogen and oxygen atoms in total. The van der Waals surface area contributed by atoms with Crippen LogP contribution in [-0.2, 0) is 13.5 Å². The van der Waals surface area contributed by atoms with Crippen molar-refractivity contribution in [2.45, 2.75) is 18.9 Å². The molecule has 0 amide bonds. The number of aliphatic hydroxyl groups excluding tert-OH is 1. The summed E-state index contributed by atoms with van der Waals surface area (Å²) >= 11 is 1.67. The summed E-state index contributed by atoms with van der Waals surface area (Å²) in [6.45, 7) is 0. The predicted molar refractivity (Wildman–Crippen MR) is 65.2 cm³/mol. The summed E-state index contributed by atoms with van der Waals surface area (Å²) < 4.78 is 1.57. The zero-order valence-electron chi connectivity index (χ0n) is 9.13. The SMILES string of the molecule is Cn1ncc(C(O)CCc2ccsc2)c1N. The highest BCUT2D eigenvalue weighted by Crippen LogP contribution is 2.24. The Balaban J connectivity index is 1.98. The second-order valence-corrected chi connectivity index (χ2v) is 4.57. The Labute approximate surface area is 98.3 Å². The van der Waals surface area contributed by atoms with Gasteiger partial charge < -0.3 is 10.8 Å². The Morgan fingerprint density at radius 1 is 1.62 bits per heavy atom. The molecule has 0 radical (unpaired) electrons. The monoisotopic (exact) mass is 237 g/mol. The minimum absolute atomic E-state index is 0.534. The van der Waals surface area contributed by atoms with Crippen molar-refractivity contribution in [3.8, 4) is 0 Å². The van der Waals surface area contributed by atoms with Crippen LogP contribution in [0.4, 0.5) is 5.82 Å². The molecule has 0 bridgehead atoms. The van der Waals surface area contributed by atoms with E-state index in [4.69, 9.17) is 5.73 Å². The van der Waals surface area contributed by atoms with Crippen molar-refractivity contribution in [3.05, 3.63) is 34.2 Å². The van der Waals surface area contributed by atoms with Crippen LogP contribution in [0.1, 0.15) is 23.7 Å². The van der Waals surface area contributed by atoms with E-state index >= 15 is 0 Å². The average molecular weight is 237 g/mol. The number of thiophene rings is 1. The van der Waals surface area contributed by atoms with Gasteiger partial charge in [0.15, 0.2) is 0 Å². The van der Waals surface area contributed by atoms with Crippen molar-refractivity contribution < 1.29 is 5.11 Å². The van der Waals surface area contributed by atoms with E-state index in [2.05, 4.69) is 16.5 Å². The standard InChI is InChI=1S/C11H15N3OS/c1-14-11(12)9(6-13-14)10(15)3-2-8-4-5-16-7-8/h4-7,10,15H,2-3,12H2,1H3. The van der Waals surface area contributed by atoms with Crippen molar-refractivity contribution >= 4 is 17.2 Å². The summed E-state index contributed by atoms with van der Waals surface area (Å²) in [6, 6.07) is 2.07. The fourth-order valence-electron chi connectivity index (χ4n) is 1.61. The maximum absolute atomic E-state index is 9.98. The van der Waals surface area contributed by atoms with Crippen molar-refractivity contribution in [1.82, 2.24) is 9.78 Å². The molecular formula is C11H15N3OS. The number of nitrogen functional groups attached to an aromatic ring is 1. The Morgan fingerprint density at radius 2 is 2.44 bits per heavy atom. The normalized spacial score (nSPS) is 12.9. The number of aliphatic hydroxyl groups is 1. The summed E-state index contributed by atoms with van der Waals surface area (Å²) in [5.41, 5.74) is 7.77. The molecule has 0 saturated carbocycles. The van der Waals surface area contributed by atoms with E-state index in [1.54, 1.807) is 29.3 Å². The van der Waals surface area contributed by atoms with Gasteiger partial charge in [-0.15, -0.1) is 0 Å². The summed E-state index contributed by atoms with van der Waals surface area (Å²) in [7, 11) is 1.77. The maximum atomic E-state index is 9.98. The molecule has 0 saturated heterocycles. The molecule has 2 rings (SSSR count). The first-order valence-electron chi connectivity index (χ1n) is 5.15. The predicted octanol–water partition coefficient (Wildman–Crippen LogP) is 1.73. The van der Waals surface area contributed by atoms with E-state index in [1.165, 1.54) is 5.56 Å². The molecule has 0 aliphatic carbocycles. The first-order chi connectivity index (χ1) is 7.68. The number of hydrogen-bond donors (Lipinski definition) is 2. The fourth-order valence-corrected chi connectivity index (χ4v) is 2.32. The third-order valence-corrected chi connectivity index (χ3v) is 3.39. The second-order valence-electron chi connectivity index (χ2n) is 3.79. The number of aryl methyl sites for hydroxylation is 2. The van der Waals surface area contributed by atoms with Gasteiger partial charge in [-0.1, -0.05) is 0 Å². The highest BCUT2D eigenvalue weighted by atomic mass is 32.1. The lowest BCUT2D eigenvalue weighted by atomic mass is 10.1. The van der Waals surface area contributed by atoms with Gasteiger partial charge in [0.05, 0.1) is 12.3 Å². The first kappa shape index (κ1) is 11.2. The Kier molecular flexibility index (Phi) is 3.26. The van der Waals surface area contributed by atoms with Gasteiger partial charge in [-0.2, -0.15) is 16.4 Å². The van der Waals surface area contributed by atoms with Crippen LogP contribution in [0.3, 0.4) is 0 Å².